The van der Waals surface area contributed by atoms with E-state index in [1.54, 1.807) is 0 Å². The summed E-state index contributed by atoms with van der Waals surface area (Å²) in [6.45, 7) is 1.18. The van der Waals surface area contributed by atoms with Crippen LogP contribution >= 0.6 is 39.5 Å². The number of aromatic nitrogens is 2. The standard InChI is InChI=1S/C9H16Br2N5O4P/c10-1-3-13-21(19,14-4-2-11)20-8-7-15-6-5-12-9(15)16(17)18/h5-6H,1-4,7-8H2,(H2,13,14,19). The number of nitro groups is 1. The number of imidazole rings is 1. The van der Waals surface area contributed by atoms with Crippen molar-refractivity contribution in [2.75, 3.05) is 30.4 Å². The molecule has 0 spiro atoms. The Bertz CT molecular complexity index is 488. The van der Waals surface area contributed by atoms with Crippen LogP contribution in [0, 0.1) is 10.1 Å². The van der Waals surface area contributed by atoms with Crippen LogP contribution in [-0.2, 0) is 15.6 Å². The minimum absolute atomic E-state index is 0.0546. The molecule has 0 saturated heterocycles. The normalized spacial score (nSPS) is 11.7. The average molecular weight is 449 g/mol. The fraction of sp³-hybridized carbons (Fsp3) is 0.667. The maximum Gasteiger partial charge on any atom is 0.434 e. The fourth-order valence-corrected chi connectivity index (χ4v) is 3.90. The molecule has 0 aliphatic carbocycles. The predicted octanol–water partition coefficient (Wildman–Crippen LogP) is 1.88. The van der Waals surface area contributed by atoms with Crippen LogP contribution < -0.4 is 10.2 Å². The first kappa shape index (κ1) is 18.7. The van der Waals surface area contributed by atoms with Crippen LogP contribution in [0.15, 0.2) is 12.4 Å². The highest BCUT2D eigenvalue weighted by molar-refractivity contribution is 9.09. The second-order valence-corrected chi connectivity index (χ2v) is 7.34. The third-order valence-corrected chi connectivity index (χ3v) is 4.91. The van der Waals surface area contributed by atoms with Crippen LogP contribution in [0.5, 0.6) is 0 Å². The van der Waals surface area contributed by atoms with E-state index in [9.17, 15) is 14.7 Å². The average Bonchev–Trinajstić information content (AvgIpc) is 2.92. The molecule has 9 nitrogen and oxygen atoms in total. The Morgan fingerprint density at radius 1 is 1.38 bits per heavy atom. The Balaban J connectivity index is 2.54. The molecule has 0 aliphatic heterocycles. The summed E-state index contributed by atoms with van der Waals surface area (Å²) >= 11 is 6.46. The minimum Gasteiger partial charge on any atom is -0.390 e. The van der Waals surface area contributed by atoms with Crippen LogP contribution in [-0.4, -0.2) is 44.8 Å². The molecule has 0 aromatic carbocycles. The molecule has 0 radical (unpaired) electrons. The molecule has 120 valence electrons. The molecular formula is C9H16Br2N5O4P. The Kier molecular flexibility index (Phi) is 8.60. The van der Waals surface area contributed by atoms with Gasteiger partial charge in [-0.05, 0) is 4.92 Å². The Morgan fingerprint density at radius 2 is 2.00 bits per heavy atom. The summed E-state index contributed by atoms with van der Waals surface area (Å²) in [5.41, 5.74) is 0. The van der Waals surface area contributed by atoms with Crippen molar-refractivity contribution in [3.63, 3.8) is 0 Å². The van der Waals surface area contributed by atoms with Crippen molar-refractivity contribution in [2.24, 2.45) is 0 Å². The summed E-state index contributed by atoms with van der Waals surface area (Å²) in [6, 6.07) is 0. The number of hydrogen-bond acceptors (Lipinski definition) is 5. The van der Waals surface area contributed by atoms with E-state index in [-0.39, 0.29) is 19.1 Å². The Morgan fingerprint density at radius 3 is 2.52 bits per heavy atom. The van der Waals surface area contributed by atoms with Crippen molar-refractivity contribution in [1.29, 1.82) is 0 Å². The van der Waals surface area contributed by atoms with Gasteiger partial charge in [0.05, 0.1) is 13.2 Å². The maximum absolute atomic E-state index is 12.4. The quantitative estimate of drug-likeness (QED) is 0.230. The number of alkyl halides is 2. The third kappa shape index (κ3) is 6.54. The molecule has 0 unspecified atom stereocenters. The van der Waals surface area contributed by atoms with E-state index in [0.29, 0.717) is 23.7 Å². The van der Waals surface area contributed by atoms with Crippen LogP contribution in [0.25, 0.3) is 0 Å². The van der Waals surface area contributed by atoms with Gasteiger partial charge in [-0.25, -0.2) is 14.7 Å². The number of nitrogens with one attached hydrogen (secondary N) is 2. The van der Waals surface area contributed by atoms with E-state index in [0.717, 1.165) is 0 Å². The number of hydrogen-bond donors (Lipinski definition) is 2. The van der Waals surface area contributed by atoms with Gasteiger partial charge in [-0.15, -0.1) is 0 Å². The highest BCUT2D eigenvalue weighted by atomic mass is 79.9. The van der Waals surface area contributed by atoms with Gasteiger partial charge in [-0.3, -0.25) is 4.57 Å². The number of rotatable bonds is 11. The van der Waals surface area contributed by atoms with E-state index in [4.69, 9.17) is 4.52 Å². The molecule has 0 bridgehead atoms. The summed E-state index contributed by atoms with van der Waals surface area (Å²) in [5, 5.41) is 17.6. The molecule has 1 rings (SSSR count). The van der Waals surface area contributed by atoms with Crippen molar-refractivity contribution in [3.05, 3.63) is 22.5 Å². The van der Waals surface area contributed by atoms with Crippen LogP contribution in [0.2, 0.25) is 0 Å². The smallest absolute Gasteiger partial charge is 0.390 e. The lowest BCUT2D eigenvalue weighted by Gasteiger charge is -2.19. The molecule has 0 aliphatic rings. The first-order chi connectivity index (χ1) is 10.0. The van der Waals surface area contributed by atoms with Gasteiger partial charge in [0.1, 0.15) is 12.4 Å². The number of halogens is 2. The SMILES string of the molecule is O=[N+]([O-])c1nccn1CCOP(=O)(NCCBr)NCCBr. The Labute approximate surface area is 138 Å². The van der Waals surface area contributed by atoms with Gasteiger partial charge in [0, 0.05) is 23.7 Å². The zero-order valence-corrected chi connectivity index (χ0v) is 15.1. The van der Waals surface area contributed by atoms with Gasteiger partial charge in [-0.2, -0.15) is 0 Å². The third-order valence-electron chi connectivity index (χ3n) is 2.29. The van der Waals surface area contributed by atoms with Crippen molar-refractivity contribution in [1.82, 2.24) is 19.7 Å². The molecule has 0 amide bonds. The van der Waals surface area contributed by atoms with E-state index in [1.165, 1.54) is 17.0 Å². The molecule has 1 heterocycles. The van der Waals surface area contributed by atoms with Crippen LogP contribution in [0.3, 0.4) is 0 Å². The van der Waals surface area contributed by atoms with Gasteiger partial charge in [0.15, 0.2) is 0 Å². The van der Waals surface area contributed by atoms with Gasteiger partial charge < -0.3 is 14.6 Å². The predicted molar refractivity (Wildman–Crippen MR) is 86.0 cm³/mol. The van der Waals surface area contributed by atoms with Gasteiger partial charge in [0.2, 0.25) is 0 Å². The van der Waals surface area contributed by atoms with Gasteiger partial charge in [-0.1, -0.05) is 36.8 Å². The molecule has 0 fully saturated rings. The van der Waals surface area contributed by atoms with E-state index >= 15 is 0 Å². The monoisotopic (exact) mass is 447 g/mol. The molecule has 1 aromatic heterocycles. The molecule has 0 saturated carbocycles. The fourth-order valence-electron chi connectivity index (χ4n) is 1.44. The lowest BCUT2D eigenvalue weighted by molar-refractivity contribution is -0.396. The molecule has 21 heavy (non-hydrogen) atoms. The molecule has 1 aromatic rings. The summed E-state index contributed by atoms with van der Waals surface area (Å²) in [5.74, 6) is -0.268. The first-order valence-electron chi connectivity index (χ1n) is 6.04. The van der Waals surface area contributed by atoms with Crippen LogP contribution in [0.1, 0.15) is 0 Å². The highest BCUT2D eigenvalue weighted by Gasteiger charge is 2.22. The minimum atomic E-state index is -3.17. The topological polar surface area (TPSA) is 111 Å². The molecule has 0 atom stereocenters. The second kappa shape index (κ2) is 9.65. The maximum atomic E-state index is 12.4. The first-order valence-corrected chi connectivity index (χ1v) is 9.91. The molecule has 12 heteroatoms. The van der Waals surface area contributed by atoms with Crippen molar-refractivity contribution >= 4 is 45.5 Å². The van der Waals surface area contributed by atoms with Crippen molar-refractivity contribution in [2.45, 2.75) is 6.54 Å². The lowest BCUT2D eigenvalue weighted by atomic mass is 10.6. The highest BCUT2D eigenvalue weighted by Crippen LogP contribution is 2.36. The summed E-state index contributed by atoms with van der Waals surface area (Å²) in [7, 11) is -3.17. The zero-order chi connectivity index (χ0) is 15.7. The summed E-state index contributed by atoms with van der Waals surface area (Å²) < 4.78 is 19.1. The van der Waals surface area contributed by atoms with Crippen LogP contribution in [0.4, 0.5) is 5.95 Å². The van der Waals surface area contributed by atoms with E-state index in [1.807, 2.05) is 0 Å². The van der Waals surface area contributed by atoms with Gasteiger partial charge >= 0.3 is 13.6 Å². The summed E-state index contributed by atoms with van der Waals surface area (Å²) in [6.07, 6.45) is 2.81. The number of nitrogens with zero attached hydrogens (tertiary/aromatic N) is 3. The van der Waals surface area contributed by atoms with Crippen molar-refractivity contribution in [3.8, 4) is 0 Å². The largest absolute Gasteiger partial charge is 0.434 e. The molecular weight excluding hydrogens is 433 g/mol. The van der Waals surface area contributed by atoms with Crippen molar-refractivity contribution < 1.29 is 14.0 Å². The van der Waals surface area contributed by atoms with E-state index < -0.39 is 12.6 Å². The summed E-state index contributed by atoms with van der Waals surface area (Å²) in [4.78, 5) is 13.8. The second-order valence-electron chi connectivity index (χ2n) is 3.76. The molecule has 2 N–H and O–H groups in total. The van der Waals surface area contributed by atoms with E-state index in [2.05, 4.69) is 47.0 Å². The Hall–Kier alpha value is -0.320. The lowest BCUT2D eigenvalue weighted by Crippen LogP contribution is -2.27. The zero-order valence-electron chi connectivity index (χ0n) is 11.1. The van der Waals surface area contributed by atoms with Gasteiger partial charge in [0.25, 0.3) is 0 Å².